The number of nitrogens with one attached hydrogen (secondary N) is 1. The molecule has 0 saturated carbocycles. The number of halogens is 1. The molecule has 0 unspecified atom stereocenters. The van der Waals surface area contributed by atoms with Gasteiger partial charge in [-0.05, 0) is 35.9 Å². The Morgan fingerprint density at radius 3 is 2.68 bits per heavy atom. The Hall–Kier alpha value is -2.57. The zero-order chi connectivity index (χ0) is 17.8. The van der Waals surface area contributed by atoms with E-state index in [4.69, 9.17) is 16.0 Å². The Morgan fingerprint density at radius 2 is 1.96 bits per heavy atom. The van der Waals surface area contributed by atoms with Gasteiger partial charge < -0.3 is 14.6 Å². The predicted molar refractivity (Wildman–Crippen MR) is 98.2 cm³/mol. The normalized spacial score (nSPS) is 10.5. The molecule has 0 atom stereocenters. The minimum atomic E-state index is -0.352. The van der Waals surface area contributed by atoms with Crippen molar-refractivity contribution in [2.75, 3.05) is 12.4 Å². The highest BCUT2D eigenvalue weighted by Gasteiger charge is 2.17. The molecule has 1 N–H and O–H groups in total. The fourth-order valence-corrected chi connectivity index (χ4v) is 3.33. The lowest BCUT2D eigenvalue weighted by atomic mass is 10.2. The number of furan rings is 1. The summed E-state index contributed by atoms with van der Waals surface area (Å²) in [7, 11) is 1.71. The van der Waals surface area contributed by atoms with Crippen molar-refractivity contribution in [3.63, 3.8) is 0 Å². The topological polar surface area (TPSA) is 62.6 Å². The number of benzene rings is 1. The second-order valence-electron chi connectivity index (χ2n) is 5.35. The van der Waals surface area contributed by atoms with Crippen molar-refractivity contribution in [1.82, 2.24) is 4.90 Å². The van der Waals surface area contributed by atoms with Crippen molar-refractivity contribution in [2.45, 2.75) is 6.54 Å². The van der Waals surface area contributed by atoms with Crippen LogP contribution in [-0.2, 0) is 6.54 Å². The van der Waals surface area contributed by atoms with Crippen molar-refractivity contribution in [3.05, 3.63) is 76.0 Å². The molecule has 1 aromatic carbocycles. The van der Waals surface area contributed by atoms with E-state index in [0.717, 1.165) is 5.56 Å². The lowest BCUT2D eigenvalue weighted by Gasteiger charge is -2.17. The lowest BCUT2D eigenvalue weighted by molar-refractivity contribution is 0.0789. The largest absolute Gasteiger partial charge is 0.459 e. The monoisotopic (exact) mass is 374 g/mol. The van der Waals surface area contributed by atoms with Crippen LogP contribution in [0.4, 0.5) is 5.00 Å². The van der Waals surface area contributed by atoms with Crippen LogP contribution in [0, 0.1) is 0 Å². The summed E-state index contributed by atoms with van der Waals surface area (Å²) in [4.78, 5) is 26.6. The van der Waals surface area contributed by atoms with E-state index in [1.54, 1.807) is 42.3 Å². The number of rotatable bonds is 5. The summed E-state index contributed by atoms with van der Waals surface area (Å²) in [6.07, 6.45) is 1.43. The zero-order valence-electron chi connectivity index (χ0n) is 13.4. The Morgan fingerprint density at radius 1 is 1.16 bits per heavy atom. The Kier molecular flexibility index (Phi) is 5.21. The van der Waals surface area contributed by atoms with E-state index >= 15 is 0 Å². The van der Waals surface area contributed by atoms with Gasteiger partial charge in [-0.1, -0.05) is 29.8 Å². The maximum atomic E-state index is 12.6. The minimum Gasteiger partial charge on any atom is -0.459 e. The smallest absolute Gasteiger partial charge is 0.291 e. The van der Waals surface area contributed by atoms with Crippen LogP contribution in [0.25, 0.3) is 0 Å². The maximum Gasteiger partial charge on any atom is 0.291 e. The van der Waals surface area contributed by atoms with Gasteiger partial charge in [-0.2, -0.15) is 0 Å². The number of carbonyl (C=O) groups excluding carboxylic acids is 2. The highest BCUT2D eigenvalue weighted by Crippen LogP contribution is 2.25. The lowest BCUT2D eigenvalue weighted by Crippen LogP contribution is -2.25. The van der Waals surface area contributed by atoms with Crippen molar-refractivity contribution < 1.29 is 14.0 Å². The highest BCUT2D eigenvalue weighted by atomic mass is 35.5. The van der Waals surface area contributed by atoms with Gasteiger partial charge in [0, 0.05) is 18.6 Å². The molecule has 25 heavy (non-hydrogen) atoms. The second-order valence-corrected chi connectivity index (χ2v) is 6.84. The number of anilines is 1. The second kappa shape index (κ2) is 7.55. The third-order valence-electron chi connectivity index (χ3n) is 3.51. The first kappa shape index (κ1) is 17.3. The fourth-order valence-electron chi connectivity index (χ4n) is 2.24. The van der Waals surface area contributed by atoms with Crippen molar-refractivity contribution in [1.29, 1.82) is 0 Å². The molecular weight excluding hydrogens is 360 g/mol. The fraction of sp³-hybridized carbons (Fsp3) is 0.111. The van der Waals surface area contributed by atoms with E-state index in [-0.39, 0.29) is 17.6 Å². The van der Waals surface area contributed by atoms with Crippen LogP contribution in [0.3, 0.4) is 0 Å². The molecule has 2 aromatic heterocycles. The zero-order valence-corrected chi connectivity index (χ0v) is 14.9. The van der Waals surface area contributed by atoms with Crippen LogP contribution in [0.2, 0.25) is 5.02 Å². The van der Waals surface area contributed by atoms with Gasteiger partial charge in [0.2, 0.25) is 0 Å². The van der Waals surface area contributed by atoms with Crippen LogP contribution < -0.4 is 5.32 Å². The standard InChI is InChI=1S/C18H15ClN2O3S/c1-21(11-12-5-2-3-6-13(12)19)18(23)15-8-9-16(25-15)20-17(22)14-7-4-10-24-14/h2-10H,11H2,1H3,(H,20,22). The number of hydrogen-bond donors (Lipinski definition) is 1. The van der Waals surface area contributed by atoms with E-state index in [0.29, 0.717) is 21.4 Å². The molecule has 5 nitrogen and oxygen atoms in total. The molecule has 2 heterocycles. The molecule has 128 valence electrons. The van der Waals surface area contributed by atoms with Crippen LogP contribution in [0.1, 0.15) is 25.8 Å². The number of amides is 2. The number of thiophene rings is 1. The van der Waals surface area contributed by atoms with E-state index in [1.807, 2.05) is 18.2 Å². The predicted octanol–water partition coefficient (Wildman–Crippen LogP) is 4.52. The Bertz CT molecular complexity index is 889. The third-order valence-corrected chi connectivity index (χ3v) is 4.87. The highest BCUT2D eigenvalue weighted by molar-refractivity contribution is 7.18. The average Bonchev–Trinajstić information content (AvgIpc) is 3.28. The van der Waals surface area contributed by atoms with Gasteiger partial charge in [0.1, 0.15) is 0 Å². The molecule has 0 aliphatic rings. The van der Waals surface area contributed by atoms with Gasteiger partial charge >= 0.3 is 0 Å². The summed E-state index contributed by atoms with van der Waals surface area (Å²) in [6, 6.07) is 14.0. The molecule has 0 spiro atoms. The Balaban J connectivity index is 1.66. The SMILES string of the molecule is CN(Cc1ccccc1Cl)C(=O)c1ccc(NC(=O)c2ccco2)s1. The van der Waals surface area contributed by atoms with Crippen LogP contribution >= 0.6 is 22.9 Å². The summed E-state index contributed by atoms with van der Waals surface area (Å²) in [5.41, 5.74) is 0.878. The molecule has 0 bridgehead atoms. The number of nitrogens with zero attached hydrogens (tertiary/aromatic N) is 1. The Labute approximate surface area is 153 Å². The quantitative estimate of drug-likeness (QED) is 0.714. The van der Waals surface area contributed by atoms with Crippen LogP contribution in [-0.4, -0.2) is 23.8 Å². The molecule has 0 saturated heterocycles. The van der Waals surface area contributed by atoms with Gasteiger partial charge in [0.15, 0.2) is 5.76 Å². The summed E-state index contributed by atoms with van der Waals surface area (Å²) in [6.45, 7) is 0.407. The summed E-state index contributed by atoms with van der Waals surface area (Å²) in [5.74, 6) is -0.268. The average molecular weight is 375 g/mol. The van der Waals surface area contributed by atoms with Crippen LogP contribution in [0.15, 0.2) is 59.2 Å². The van der Waals surface area contributed by atoms with E-state index in [2.05, 4.69) is 5.32 Å². The molecule has 0 fully saturated rings. The molecule has 0 aliphatic carbocycles. The van der Waals surface area contributed by atoms with Crippen molar-refractivity contribution in [3.8, 4) is 0 Å². The maximum absolute atomic E-state index is 12.6. The first-order valence-corrected chi connectivity index (χ1v) is 8.67. The summed E-state index contributed by atoms with van der Waals surface area (Å²) >= 11 is 7.35. The molecular formula is C18H15ClN2O3S. The first-order chi connectivity index (χ1) is 12.0. The van der Waals surface area contributed by atoms with Gasteiger partial charge in [-0.3, -0.25) is 9.59 Å². The third kappa shape index (κ3) is 4.10. The molecule has 3 rings (SSSR count). The van der Waals surface area contributed by atoms with Gasteiger partial charge in [-0.25, -0.2) is 0 Å². The van der Waals surface area contributed by atoms with Gasteiger partial charge in [0.05, 0.1) is 16.1 Å². The van der Waals surface area contributed by atoms with E-state index in [9.17, 15) is 9.59 Å². The molecule has 0 aliphatic heterocycles. The van der Waals surface area contributed by atoms with E-state index < -0.39 is 0 Å². The van der Waals surface area contributed by atoms with Gasteiger partial charge in [0.25, 0.3) is 11.8 Å². The number of hydrogen-bond acceptors (Lipinski definition) is 4. The number of carbonyl (C=O) groups is 2. The molecule has 3 aromatic rings. The minimum absolute atomic E-state index is 0.136. The van der Waals surface area contributed by atoms with Crippen molar-refractivity contribution in [2.24, 2.45) is 0 Å². The van der Waals surface area contributed by atoms with Gasteiger partial charge in [-0.15, -0.1) is 11.3 Å². The first-order valence-electron chi connectivity index (χ1n) is 7.48. The molecule has 0 radical (unpaired) electrons. The summed E-state index contributed by atoms with van der Waals surface area (Å²) < 4.78 is 5.04. The molecule has 7 heteroatoms. The summed E-state index contributed by atoms with van der Waals surface area (Å²) in [5, 5.41) is 3.92. The van der Waals surface area contributed by atoms with Crippen molar-refractivity contribution >= 4 is 39.8 Å². The van der Waals surface area contributed by atoms with Crippen LogP contribution in [0.5, 0.6) is 0 Å². The van der Waals surface area contributed by atoms with E-state index in [1.165, 1.54) is 17.6 Å². The molecule has 2 amide bonds.